The van der Waals surface area contributed by atoms with Crippen molar-refractivity contribution in [3.63, 3.8) is 0 Å². The highest BCUT2D eigenvalue weighted by atomic mass is 16.4. The van der Waals surface area contributed by atoms with Crippen LogP contribution in [0.25, 0.3) is 44.5 Å². The monoisotopic (exact) mass is 562 g/mol. The van der Waals surface area contributed by atoms with Crippen molar-refractivity contribution >= 4 is 44.3 Å². The molecule has 9 nitrogen and oxygen atoms in total. The van der Waals surface area contributed by atoms with E-state index >= 15 is 0 Å². The van der Waals surface area contributed by atoms with Crippen LogP contribution in [-0.2, 0) is 0 Å². The number of phenolic OH excluding ortho intramolecular Hbond substituents is 2. The van der Waals surface area contributed by atoms with Crippen molar-refractivity contribution in [2.75, 3.05) is 0 Å². The van der Waals surface area contributed by atoms with Gasteiger partial charge in [-0.2, -0.15) is 10.2 Å². The summed E-state index contributed by atoms with van der Waals surface area (Å²) in [6, 6.07) is 36.7. The third kappa shape index (κ3) is 5.18. The van der Waals surface area contributed by atoms with Gasteiger partial charge in [-0.05, 0) is 65.4 Å². The summed E-state index contributed by atoms with van der Waals surface area (Å²) in [5.41, 5.74) is 3.38. The van der Waals surface area contributed by atoms with Crippen molar-refractivity contribution < 1.29 is 14.6 Å². The lowest BCUT2D eigenvalue weighted by atomic mass is 10.1. The van der Waals surface area contributed by atoms with E-state index in [1.54, 1.807) is 36.4 Å². The van der Waals surface area contributed by atoms with Crippen LogP contribution in [0.5, 0.6) is 11.5 Å². The lowest BCUT2D eigenvalue weighted by Gasteiger charge is -2.03. The first-order valence-corrected chi connectivity index (χ1v) is 13.4. The highest BCUT2D eigenvalue weighted by Crippen LogP contribution is 2.38. The molecule has 206 valence electrons. The summed E-state index contributed by atoms with van der Waals surface area (Å²) in [7, 11) is 0. The van der Waals surface area contributed by atoms with Crippen molar-refractivity contribution in [3.05, 3.63) is 121 Å². The first-order chi connectivity index (χ1) is 21.1. The van der Waals surface area contributed by atoms with Gasteiger partial charge in [0.1, 0.15) is 22.9 Å². The number of rotatable bonds is 6. The summed E-state index contributed by atoms with van der Waals surface area (Å²) in [6.45, 7) is 0. The van der Waals surface area contributed by atoms with Crippen LogP contribution in [0.2, 0.25) is 0 Å². The third-order valence-corrected chi connectivity index (χ3v) is 6.92. The minimum absolute atomic E-state index is 0.0549. The van der Waals surface area contributed by atoms with E-state index in [4.69, 9.17) is 4.42 Å². The highest BCUT2D eigenvalue weighted by molar-refractivity contribution is 5.96. The summed E-state index contributed by atoms with van der Waals surface area (Å²) in [4.78, 5) is 0. The van der Waals surface area contributed by atoms with Crippen LogP contribution in [0.15, 0.2) is 146 Å². The molecular formula is C34H22N6O3. The normalized spacial score (nSPS) is 11.7. The van der Waals surface area contributed by atoms with Crippen LogP contribution in [-0.4, -0.2) is 20.4 Å². The Morgan fingerprint density at radius 2 is 1.02 bits per heavy atom. The number of hydrogen-bond donors (Lipinski definition) is 2. The van der Waals surface area contributed by atoms with Crippen molar-refractivity contribution in [3.8, 4) is 34.4 Å². The second-order valence-corrected chi connectivity index (χ2v) is 9.72. The molecule has 1 heterocycles. The SMILES string of the molecule is Oc1ccc2ccccc2c1N=Nc1ccc(-c2nnc(-c3cccc(N=Nc4c(O)ccc5ccccc45)c3)o2)cc1. The second kappa shape index (κ2) is 11.0. The van der Waals surface area contributed by atoms with E-state index in [1.165, 1.54) is 0 Å². The van der Waals surface area contributed by atoms with E-state index in [9.17, 15) is 10.2 Å². The smallest absolute Gasteiger partial charge is 0.248 e. The summed E-state index contributed by atoms with van der Waals surface area (Å²) in [5.74, 6) is 0.794. The van der Waals surface area contributed by atoms with Crippen LogP contribution in [0.1, 0.15) is 0 Å². The number of aromatic hydroxyl groups is 2. The van der Waals surface area contributed by atoms with Crippen LogP contribution in [0, 0.1) is 0 Å². The topological polar surface area (TPSA) is 129 Å². The molecule has 0 bridgehead atoms. The zero-order valence-corrected chi connectivity index (χ0v) is 22.5. The number of aromatic nitrogens is 2. The molecule has 0 saturated heterocycles. The maximum absolute atomic E-state index is 10.4. The van der Waals surface area contributed by atoms with Crippen molar-refractivity contribution in [1.82, 2.24) is 10.2 Å². The second-order valence-electron chi connectivity index (χ2n) is 9.72. The van der Waals surface area contributed by atoms with Gasteiger partial charge in [-0.15, -0.1) is 20.4 Å². The van der Waals surface area contributed by atoms with Crippen molar-refractivity contribution in [2.45, 2.75) is 0 Å². The molecule has 0 aliphatic rings. The lowest BCUT2D eigenvalue weighted by molar-refractivity contribution is 0.476. The summed E-state index contributed by atoms with van der Waals surface area (Å²) >= 11 is 0. The highest BCUT2D eigenvalue weighted by Gasteiger charge is 2.12. The molecule has 1 aromatic heterocycles. The number of azo groups is 2. The van der Waals surface area contributed by atoms with Gasteiger partial charge in [-0.1, -0.05) is 66.7 Å². The minimum Gasteiger partial charge on any atom is -0.506 e. The Morgan fingerprint density at radius 1 is 0.465 bits per heavy atom. The molecule has 0 fully saturated rings. The molecule has 9 heteroatoms. The Morgan fingerprint density at radius 3 is 1.65 bits per heavy atom. The molecule has 7 aromatic rings. The molecule has 0 spiro atoms. The fourth-order valence-electron chi connectivity index (χ4n) is 4.74. The molecular weight excluding hydrogens is 540 g/mol. The third-order valence-electron chi connectivity index (χ3n) is 6.92. The van der Waals surface area contributed by atoms with Gasteiger partial charge in [0.15, 0.2) is 0 Å². The average molecular weight is 563 g/mol. The quantitative estimate of drug-likeness (QED) is 0.195. The molecule has 0 atom stereocenters. The molecule has 0 radical (unpaired) electrons. The molecule has 0 amide bonds. The molecule has 0 saturated carbocycles. The van der Waals surface area contributed by atoms with Gasteiger partial charge in [0.2, 0.25) is 11.8 Å². The van der Waals surface area contributed by atoms with Crippen LogP contribution in [0.4, 0.5) is 22.7 Å². The molecule has 6 aromatic carbocycles. The molecule has 0 aliphatic carbocycles. The maximum Gasteiger partial charge on any atom is 0.248 e. The van der Waals surface area contributed by atoms with Crippen LogP contribution < -0.4 is 0 Å². The van der Waals surface area contributed by atoms with Crippen LogP contribution >= 0.6 is 0 Å². The molecule has 0 aliphatic heterocycles. The zero-order valence-electron chi connectivity index (χ0n) is 22.5. The number of phenols is 2. The van der Waals surface area contributed by atoms with E-state index in [1.807, 2.05) is 84.9 Å². The molecule has 0 unspecified atom stereocenters. The van der Waals surface area contributed by atoms with Gasteiger partial charge < -0.3 is 14.6 Å². The summed E-state index contributed by atoms with van der Waals surface area (Å²) in [6.07, 6.45) is 0. The molecule has 43 heavy (non-hydrogen) atoms. The summed E-state index contributed by atoms with van der Waals surface area (Å²) < 4.78 is 5.96. The molecule has 2 N–H and O–H groups in total. The van der Waals surface area contributed by atoms with Gasteiger partial charge in [-0.25, -0.2) is 0 Å². The standard InChI is InChI=1S/C34H22N6O3/c41-29-18-14-21-6-1-3-10-27(21)31(29)37-35-25-16-12-23(13-17-25)33-39-40-34(43-33)24-8-5-9-26(20-24)36-38-32-28-11-4-2-7-22(28)15-19-30(32)42/h1-20,41-42H. The molecule has 7 rings (SSSR count). The predicted molar refractivity (Wildman–Crippen MR) is 165 cm³/mol. The Balaban J connectivity index is 1.10. The van der Waals surface area contributed by atoms with E-state index in [2.05, 4.69) is 30.7 Å². The summed E-state index contributed by atoms with van der Waals surface area (Å²) in [5, 5.41) is 50.0. The number of hydrogen-bond acceptors (Lipinski definition) is 9. The zero-order chi connectivity index (χ0) is 29.2. The van der Waals surface area contributed by atoms with Gasteiger partial charge in [-0.3, -0.25) is 0 Å². The van der Waals surface area contributed by atoms with E-state index in [0.29, 0.717) is 45.7 Å². The van der Waals surface area contributed by atoms with Crippen molar-refractivity contribution in [2.24, 2.45) is 20.5 Å². The van der Waals surface area contributed by atoms with E-state index in [0.717, 1.165) is 21.5 Å². The van der Waals surface area contributed by atoms with Crippen LogP contribution in [0.3, 0.4) is 0 Å². The lowest BCUT2D eigenvalue weighted by Crippen LogP contribution is -1.78. The van der Waals surface area contributed by atoms with Crippen molar-refractivity contribution in [1.29, 1.82) is 0 Å². The Labute approximate surface area is 245 Å². The van der Waals surface area contributed by atoms with Gasteiger partial charge in [0, 0.05) is 21.9 Å². The number of fused-ring (bicyclic) bond motifs is 2. The number of nitrogens with zero attached hydrogens (tertiary/aromatic N) is 6. The fourth-order valence-corrected chi connectivity index (χ4v) is 4.74. The Hall–Kier alpha value is -6.22. The Bertz CT molecular complexity index is 2170. The van der Waals surface area contributed by atoms with Gasteiger partial charge in [0.25, 0.3) is 0 Å². The Kier molecular flexibility index (Phi) is 6.57. The first-order valence-electron chi connectivity index (χ1n) is 13.4. The van der Waals surface area contributed by atoms with Gasteiger partial charge in [0.05, 0.1) is 11.4 Å². The maximum atomic E-state index is 10.4. The van der Waals surface area contributed by atoms with E-state index in [-0.39, 0.29) is 11.5 Å². The average Bonchev–Trinajstić information content (AvgIpc) is 3.55. The predicted octanol–water partition coefficient (Wildman–Crippen LogP) is 9.95. The first kappa shape index (κ1) is 25.7. The number of benzene rings is 6. The largest absolute Gasteiger partial charge is 0.506 e. The van der Waals surface area contributed by atoms with E-state index < -0.39 is 0 Å². The van der Waals surface area contributed by atoms with Gasteiger partial charge >= 0.3 is 0 Å². The minimum atomic E-state index is 0.0549. The fraction of sp³-hybridized carbons (Fsp3) is 0.